The largest absolute Gasteiger partial charge is 0.294 e. The molecule has 2 heterocycles. The number of hydrogen-bond acceptors (Lipinski definition) is 4. The van der Waals surface area contributed by atoms with Gasteiger partial charge in [-0.1, -0.05) is 42.2 Å². The van der Waals surface area contributed by atoms with Crippen LogP contribution in [0.4, 0.5) is 0 Å². The van der Waals surface area contributed by atoms with E-state index in [4.69, 9.17) is 0 Å². The molecule has 0 N–H and O–H groups in total. The van der Waals surface area contributed by atoms with Gasteiger partial charge in [-0.05, 0) is 36.1 Å². The van der Waals surface area contributed by atoms with E-state index in [9.17, 15) is 4.79 Å². The standard InChI is InChI=1S/C24H23N3OS/c1-29-21-11-9-20(10-12-21)16-27-18-25-23-13-15-26(17-22(23)24(27)28)14-5-8-19-6-3-2-4-7-19/h2-4,6-7,9-12,18H,13-17H2,1H3. The van der Waals surface area contributed by atoms with E-state index in [-0.39, 0.29) is 5.56 Å². The highest BCUT2D eigenvalue weighted by atomic mass is 32.2. The summed E-state index contributed by atoms with van der Waals surface area (Å²) in [6, 6.07) is 18.3. The molecule has 0 saturated carbocycles. The molecular formula is C24H23N3OS. The summed E-state index contributed by atoms with van der Waals surface area (Å²) in [6.07, 6.45) is 4.54. The third-order valence-electron chi connectivity index (χ3n) is 5.09. The molecule has 1 aliphatic heterocycles. The Kier molecular flexibility index (Phi) is 6.14. The van der Waals surface area contributed by atoms with Crippen molar-refractivity contribution in [1.29, 1.82) is 0 Å². The Labute approximate surface area is 175 Å². The van der Waals surface area contributed by atoms with Crippen molar-refractivity contribution in [2.24, 2.45) is 0 Å². The molecule has 3 aromatic rings. The third-order valence-corrected chi connectivity index (χ3v) is 5.83. The van der Waals surface area contributed by atoms with Gasteiger partial charge in [-0.3, -0.25) is 14.3 Å². The number of aromatic nitrogens is 2. The van der Waals surface area contributed by atoms with Crippen molar-refractivity contribution in [3.8, 4) is 11.8 Å². The molecule has 146 valence electrons. The summed E-state index contributed by atoms with van der Waals surface area (Å²) in [5, 5.41) is 0. The van der Waals surface area contributed by atoms with Crippen molar-refractivity contribution >= 4 is 11.8 Å². The van der Waals surface area contributed by atoms with E-state index in [1.165, 1.54) is 4.90 Å². The topological polar surface area (TPSA) is 38.1 Å². The number of benzene rings is 2. The van der Waals surface area contributed by atoms with Crippen LogP contribution in [0.1, 0.15) is 22.4 Å². The van der Waals surface area contributed by atoms with Gasteiger partial charge in [-0.25, -0.2) is 4.98 Å². The summed E-state index contributed by atoms with van der Waals surface area (Å²) in [7, 11) is 0. The molecular weight excluding hydrogens is 378 g/mol. The predicted molar refractivity (Wildman–Crippen MR) is 118 cm³/mol. The fourth-order valence-electron chi connectivity index (χ4n) is 3.46. The molecule has 5 heteroatoms. The molecule has 4 rings (SSSR count). The highest BCUT2D eigenvalue weighted by Gasteiger charge is 2.20. The van der Waals surface area contributed by atoms with Crippen molar-refractivity contribution in [3.05, 3.63) is 93.7 Å². The molecule has 2 aromatic carbocycles. The van der Waals surface area contributed by atoms with E-state index in [1.807, 2.05) is 30.3 Å². The Balaban J connectivity index is 1.47. The molecule has 4 nitrogen and oxygen atoms in total. The zero-order chi connectivity index (χ0) is 20.1. The molecule has 1 aliphatic rings. The van der Waals surface area contributed by atoms with Gasteiger partial charge in [0.15, 0.2) is 0 Å². The average Bonchev–Trinajstić information content (AvgIpc) is 2.77. The highest BCUT2D eigenvalue weighted by molar-refractivity contribution is 7.98. The number of thioether (sulfide) groups is 1. The van der Waals surface area contributed by atoms with Gasteiger partial charge in [-0.2, -0.15) is 0 Å². The minimum atomic E-state index is 0.0599. The van der Waals surface area contributed by atoms with E-state index in [0.717, 1.165) is 35.3 Å². The number of nitrogens with zero attached hydrogens (tertiary/aromatic N) is 3. The lowest BCUT2D eigenvalue weighted by molar-refractivity contribution is 0.280. The molecule has 0 radical (unpaired) electrons. The quantitative estimate of drug-likeness (QED) is 0.496. The lowest BCUT2D eigenvalue weighted by Crippen LogP contribution is -2.38. The number of hydrogen-bond donors (Lipinski definition) is 0. The minimum absolute atomic E-state index is 0.0599. The fraction of sp³-hybridized carbons (Fsp3) is 0.250. The zero-order valence-electron chi connectivity index (χ0n) is 16.5. The van der Waals surface area contributed by atoms with Gasteiger partial charge in [0.1, 0.15) is 0 Å². The Bertz CT molecular complexity index is 1090. The Morgan fingerprint density at radius 1 is 1.10 bits per heavy atom. The summed E-state index contributed by atoms with van der Waals surface area (Å²) in [4.78, 5) is 21.0. The van der Waals surface area contributed by atoms with Crippen LogP contribution >= 0.6 is 11.8 Å². The van der Waals surface area contributed by atoms with Crippen molar-refractivity contribution in [3.63, 3.8) is 0 Å². The molecule has 0 fully saturated rings. The lowest BCUT2D eigenvalue weighted by Gasteiger charge is -2.26. The van der Waals surface area contributed by atoms with Gasteiger partial charge in [0.25, 0.3) is 5.56 Å². The first-order chi connectivity index (χ1) is 14.2. The van der Waals surface area contributed by atoms with Crippen LogP contribution in [0.2, 0.25) is 0 Å². The first-order valence-corrected chi connectivity index (χ1v) is 10.9. The molecule has 29 heavy (non-hydrogen) atoms. The van der Waals surface area contributed by atoms with E-state index >= 15 is 0 Å². The van der Waals surface area contributed by atoms with Crippen LogP contribution in [0.5, 0.6) is 0 Å². The molecule has 0 aliphatic carbocycles. The summed E-state index contributed by atoms with van der Waals surface area (Å²) >= 11 is 1.71. The van der Waals surface area contributed by atoms with E-state index in [1.54, 1.807) is 22.7 Å². The van der Waals surface area contributed by atoms with Crippen LogP contribution in [0.3, 0.4) is 0 Å². The van der Waals surface area contributed by atoms with E-state index in [2.05, 4.69) is 52.2 Å². The maximum absolute atomic E-state index is 13.0. The summed E-state index contributed by atoms with van der Waals surface area (Å²) in [6.45, 7) is 2.68. The molecule has 1 aromatic heterocycles. The van der Waals surface area contributed by atoms with Gasteiger partial charge in [0, 0.05) is 30.0 Å². The Morgan fingerprint density at radius 2 is 1.90 bits per heavy atom. The second-order valence-corrected chi connectivity index (χ2v) is 7.96. The minimum Gasteiger partial charge on any atom is -0.294 e. The highest BCUT2D eigenvalue weighted by Crippen LogP contribution is 2.16. The molecule has 0 bridgehead atoms. The first kappa shape index (κ1) is 19.5. The molecule has 0 spiro atoms. The van der Waals surface area contributed by atoms with Crippen molar-refractivity contribution in [2.75, 3.05) is 19.3 Å². The summed E-state index contributed by atoms with van der Waals surface area (Å²) < 4.78 is 1.71. The normalized spacial score (nSPS) is 13.4. The first-order valence-electron chi connectivity index (χ1n) is 9.69. The van der Waals surface area contributed by atoms with Crippen LogP contribution in [0.15, 0.2) is 70.6 Å². The maximum Gasteiger partial charge on any atom is 0.258 e. The van der Waals surface area contributed by atoms with Crippen LogP contribution in [-0.2, 0) is 19.5 Å². The molecule has 0 saturated heterocycles. The summed E-state index contributed by atoms with van der Waals surface area (Å²) in [5.41, 5.74) is 3.91. The second kappa shape index (κ2) is 9.13. The average molecular weight is 402 g/mol. The van der Waals surface area contributed by atoms with Gasteiger partial charge < -0.3 is 0 Å². The van der Waals surface area contributed by atoms with Gasteiger partial charge in [-0.15, -0.1) is 11.8 Å². The number of rotatable bonds is 4. The van der Waals surface area contributed by atoms with Crippen LogP contribution < -0.4 is 5.56 Å². The zero-order valence-corrected chi connectivity index (χ0v) is 17.3. The van der Waals surface area contributed by atoms with Gasteiger partial charge in [0.2, 0.25) is 0 Å². The summed E-state index contributed by atoms with van der Waals surface area (Å²) in [5.74, 6) is 6.42. The smallest absolute Gasteiger partial charge is 0.258 e. The van der Waals surface area contributed by atoms with Gasteiger partial charge in [0.05, 0.1) is 30.7 Å². The second-order valence-electron chi connectivity index (χ2n) is 7.08. The third kappa shape index (κ3) is 4.79. The maximum atomic E-state index is 13.0. The van der Waals surface area contributed by atoms with Crippen LogP contribution in [-0.4, -0.2) is 33.8 Å². The van der Waals surface area contributed by atoms with E-state index in [0.29, 0.717) is 19.6 Å². The molecule has 0 unspecified atom stereocenters. The van der Waals surface area contributed by atoms with Crippen molar-refractivity contribution in [1.82, 2.24) is 14.5 Å². The Morgan fingerprint density at radius 3 is 2.66 bits per heavy atom. The Hall–Kier alpha value is -2.81. The van der Waals surface area contributed by atoms with Gasteiger partial charge >= 0.3 is 0 Å². The predicted octanol–water partition coefficient (Wildman–Crippen LogP) is 3.42. The fourth-order valence-corrected chi connectivity index (χ4v) is 3.87. The number of fused-ring (bicyclic) bond motifs is 1. The molecule has 0 atom stereocenters. The lowest BCUT2D eigenvalue weighted by atomic mass is 10.1. The molecule has 0 amide bonds. The monoisotopic (exact) mass is 401 g/mol. The van der Waals surface area contributed by atoms with Crippen molar-refractivity contribution < 1.29 is 0 Å². The van der Waals surface area contributed by atoms with Crippen LogP contribution in [0.25, 0.3) is 0 Å². The van der Waals surface area contributed by atoms with E-state index < -0.39 is 0 Å². The van der Waals surface area contributed by atoms with Crippen LogP contribution in [0, 0.1) is 11.8 Å². The SMILES string of the molecule is CSc1ccc(Cn2cnc3c(c2=O)CN(CC#Cc2ccccc2)CC3)cc1. The van der Waals surface area contributed by atoms with Crippen molar-refractivity contribution in [2.45, 2.75) is 24.4 Å².